The number of thioether (sulfide) groups is 1. The summed E-state index contributed by atoms with van der Waals surface area (Å²) in [7, 11) is 0. The first kappa shape index (κ1) is 20.8. The summed E-state index contributed by atoms with van der Waals surface area (Å²) in [6.07, 6.45) is 0. The van der Waals surface area contributed by atoms with Gasteiger partial charge in [0.2, 0.25) is 5.91 Å². The summed E-state index contributed by atoms with van der Waals surface area (Å²) < 4.78 is 1.71. The van der Waals surface area contributed by atoms with Gasteiger partial charge in [0.1, 0.15) is 0 Å². The van der Waals surface area contributed by atoms with E-state index < -0.39 is 0 Å². The number of halogens is 1. The fourth-order valence-corrected chi connectivity index (χ4v) is 4.71. The lowest BCUT2D eigenvalue weighted by Crippen LogP contribution is -2.49. The van der Waals surface area contributed by atoms with Gasteiger partial charge in [-0.2, -0.15) is 0 Å². The molecule has 156 valence electrons. The fourth-order valence-electron chi connectivity index (χ4n) is 3.69. The van der Waals surface area contributed by atoms with E-state index in [9.17, 15) is 9.59 Å². The maximum Gasteiger partial charge on any atom is 0.283 e. The third-order valence-corrected chi connectivity index (χ3v) is 6.44. The third kappa shape index (κ3) is 4.32. The predicted molar refractivity (Wildman–Crippen MR) is 123 cm³/mol. The van der Waals surface area contributed by atoms with Crippen LogP contribution in [0, 0.1) is 0 Å². The molecule has 0 bridgehead atoms. The lowest BCUT2D eigenvalue weighted by Gasteiger charge is -2.36. The van der Waals surface area contributed by atoms with Gasteiger partial charge < -0.3 is 14.4 Å². The number of aryl methyl sites for hydroxylation is 1. The standard InChI is InChI=1S/C22H23ClN4O2S/c1-2-27-19-9-4-3-8-18(19)24-21(22(27)29)30-15-20(28)26-12-10-25(11-13-26)17-7-5-6-16(23)14-17/h3-9,14H,2,10-13,15H2,1H3. The number of carbonyl (C=O) groups excluding carboxylic acids is 1. The molecule has 0 spiro atoms. The van der Waals surface area contributed by atoms with Crippen molar-refractivity contribution in [2.24, 2.45) is 0 Å². The van der Waals surface area contributed by atoms with Crippen LogP contribution in [0.4, 0.5) is 5.69 Å². The van der Waals surface area contributed by atoms with E-state index in [2.05, 4.69) is 9.88 Å². The zero-order valence-corrected chi connectivity index (χ0v) is 18.3. The number of carbonyl (C=O) groups is 1. The van der Waals surface area contributed by atoms with Crippen molar-refractivity contribution >= 4 is 46.0 Å². The minimum Gasteiger partial charge on any atom is -0.368 e. The molecule has 1 aliphatic rings. The first-order valence-corrected chi connectivity index (χ1v) is 11.3. The van der Waals surface area contributed by atoms with Gasteiger partial charge in [0.15, 0.2) is 5.03 Å². The van der Waals surface area contributed by atoms with Crippen LogP contribution in [0.25, 0.3) is 11.0 Å². The molecule has 2 heterocycles. The molecule has 8 heteroatoms. The number of anilines is 1. The molecule has 30 heavy (non-hydrogen) atoms. The van der Waals surface area contributed by atoms with Crippen LogP contribution in [0.5, 0.6) is 0 Å². The van der Waals surface area contributed by atoms with E-state index in [0.717, 1.165) is 29.8 Å². The number of para-hydroxylation sites is 2. The number of aromatic nitrogens is 2. The van der Waals surface area contributed by atoms with E-state index in [0.29, 0.717) is 29.7 Å². The summed E-state index contributed by atoms with van der Waals surface area (Å²) in [4.78, 5) is 34.1. The highest BCUT2D eigenvalue weighted by Gasteiger charge is 2.22. The Hall–Kier alpha value is -2.51. The van der Waals surface area contributed by atoms with Crippen molar-refractivity contribution in [3.05, 3.63) is 63.9 Å². The van der Waals surface area contributed by atoms with Crippen LogP contribution in [-0.2, 0) is 11.3 Å². The summed E-state index contributed by atoms with van der Waals surface area (Å²) >= 11 is 7.31. The first-order chi connectivity index (χ1) is 14.6. The smallest absolute Gasteiger partial charge is 0.283 e. The number of amides is 1. The van der Waals surface area contributed by atoms with Crippen LogP contribution in [-0.4, -0.2) is 52.3 Å². The molecular weight excluding hydrogens is 420 g/mol. The Bertz CT molecular complexity index is 1130. The van der Waals surface area contributed by atoms with Gasteiger partial charge in [-0.05, 0) is 37.3 Å². The molecule has 0 aliphatic carbocycles. The van der Waals surface area contributed by atoms with Crippen LogP contribution in [0.15, 0.2) is 58.4 Å². The molecule has 0 unspecified atom stereocenters. The molecule has 0 atom stereocenters. The molecule has 2 aromatic carbocycles. The number of hydrogen-bond donors (Lipinski definition) is 0. The van der Waals surface area contributed by atoms with Crippen LogP contribution in [0.1, 0.15) is 6.92 Å². The molecule has 0 saturated carbocycles. The number of nitrogens with zero attached hydrogens (tertiary/aromatic N) is 4. The number of hydrogen-bond acceptors (Lipinski definition) is 5. The van der Waals surface area contributed by atoms with Crippen molar-refractivity contribution in [3.8, 4) is 0 Å². The molecule has 1 fully saturated rings. The Balaban J connectivity index is 1.40. The van der Waals surface area contributed by atoms with Crippen molar-refractivity contribution in [1.82, 2.24) is 14.5 Å². The van der Waals surface area contributed by atoms with Crippen LogP contribution < -0.4 is 10.5 Å². The van der Waals surface area contributed by atoms with Crippen molar-refractivity contribution in [2.75, 3.05) is 36.8 Å². The highest BCUT2D eigenvalue weighted by molar-refractivity contribution is 7.99. The normalized spacial score (nSPS) is 14.3. The molecule has 0 radical (unpaired) electrons. The number of rotatable bonds is 5. The van der Waals surface area contributed by atoms with Gasteiger partial charge in [0.25, 0.3) is 5.56 Å². The van der Waals surface area contributed by atoms with Crippen molar-refractivity contribution < 1.29 is 4.79 Å². The molecular formula is C22H23ClN4O2S. The Kier molecular flexibility index (Phi) is 6.29. The third-order valence-electron chi connectivity index (χ3n) is 5.28. The van der Waals surface area contributed by atoms with Gasteiger partial charge in [0.05, 0.1) is 16.8 Å². The molecule has 1 amide bonds. The number of fused-ring (bicyclic) bond motifs is 1. The minimum atomic E-state index is -0.139. The van der Waals surface area contributed by atoms with Crippen molar-refractivity contribution in [1.29, 1.82) is 0 Å². The number of piperazine rings is 1. The zero-order chi connectivity index (χ0) is 21.1. The van der Waals surface area contributed by atoms with E-state index in [1.165, 1.54) is 11.8 Å². The topological polar surface area (TPSA) is 58.4 Å². The van der Waals surface area contributed by atoms with Gasteiger partial charge in [-0.15, -0.1) is 0 Å². The SMILES string of the molecule is CCn1c(=O)c(SCC(=O)N2CCN(c3cccc(Cl)c3)CC2)nc2ccccc21. The average Bonchev–Trinajstić information content (AvgIpc) is 2.77. The summed E-state index contributed by atoms with van der Waals surface area (Å²) in [6.45, 7) is 5.31. The zero-order valence-electron chi connectivity index (χ0n) is 16.8. The molecule has 3 aromatic rings. The molecule has 1 aliphatic heterocycles. The maximum atomic E-state index is 12.8. The van der Waals surface area contributed by atoms with Crippen LogP contribution >= 0.6 is 23.4 Å². The summed E-state index contributed by atoms with van der Waals surface area (Å²) in [5, 5.41) is 1.09. The molecule has 6 nitrogen and oxygen atoms in total. The Morgan fingerprint density at radius 3 is 2.60 bits per heavy atom. The predicted octanol–water partition coefficient (Wildman–Crippen LogP) is 3.51. The second-order valence-corrected chi connectivity index (χ2v) is 8.49. The number of benzene rings is 2. The van der Waals surface area contributed by atoms with E-state index in [1.807, 2.05) is 60.4 Å². The Morgan fingerprint density at radius 1 is 1.10 bits per heavy atom. The largest absolute Gasteiger partial charge is 0.368 e. The van der Waals surface area contributed by atoms with Gasteiger partial charge in [0, 0.05) is 43.4 Å². The quantitative estimate of drug-likeness (QED) is 0.566. The second kappa shape index (κ2) is 9.10. The highest BCUT2D eigenvalue weighted by atomic mass is 35.5. The van der Waals surface area contributed by atoms with Gasteiger partial charge >= 0.3 is 0 Å². The lowest BCUT2D eigenvalue weighted by molar-refractivity contribution is -0.128. The Morgan fingerprint density at radius 2 is 1.87 bits per heavy atom. The van der Waals surface area contributed by atoms with Crippen LogP contribution in [0.2, 0.25) is 5.02 Å². The van der Waals surface area contributed by atoms with E-state index >= 15 is 0 Å². The van der Waals surface area contributed by atoms with Gasteiger partial charge in [-0.1, -0.05) is 41.6 Å². The molecule has 0 N–H and O–H groups in total. The second-order valence-electron chi connectivity index (χ2n) is 7.09. The monoisotopic (exact) mass is 442 g/mol. The van der Waals surface area contributed by atoms with E-state index in [-0.39, 0.29) is 17.2 Å². The summed E-state index contributed by atoms with van der Waals surface area (Å²) in [5.74, 6) is 0.240. The fraction of sp³-hybridized carbons (Fsp3) is 0.318. The molecule has 4 rings (SSSR count). The van der Waals surface area contributed by atoms with Crippen molar-refractivity contribution in [3.63, 3.8) is 0 Å². The summed E-state index contributed by atoms with van der Waals surface area (Å²) in [6, 6.07) is 15.4. The van der Waals surface area contributed by atoms with E-state index in [4.69, 9.17) is 11.6 Å². The highest BCUT2D eigenvalue weighted by Crippen LogP contribution is 2.22. The van der Waals surface area contributed by atoms with Crippen molar-refractivity contribution in [2.45, 2.75) is 18.5 Å². The Labute approximate surface area is 184 Å². The van der Waals surface area contributed by atoms with Gasteiger partial charge in [-0.3, -0.25) is 9.59 Å². The summed E-state index contributed by atoms with van der Waals surface area (Å²) in [5.41, 5.74) is 2.52. The molecule has 1 saturated heterocycles. The minimum absolute atomic E-state index is 0.0307. The molecule has 1 aromatic heterocycles. The van der Waals surface area contributed by atoms with Gasteiger partial charge in [-0.25, -0.2) is 4.98 Å². The van der Waals surface area contributed by atoms with Crippen LogP contribution in [0.3, 0.4) is 0 Å². The first-order valence-electron chi connectivity index (χ1n) is 9.97. The lowest BCUT2D eigenvalue weighted by atomic mass is 10.2. The van der Waals surface area contributed by atoms with E-state index in [1.54, 1.807) is 4.57 Å². The maximum absolute atomic E-state index is 12.8. The average molecular weight is 443 g/mol.